The summed E-state index contributed by atoms with van der Waals surface area (Å²) < 4.78 is 0. The number of hydrogen-bond acceptors (Lipinski definition) is 5. The molecule has 8 nitrogen and oxygen atoms in total. The average Bonchev–Trinajstić information content (AvgIpc) is 3.39. The highest BCUT2D eigenvalue weighted by atomic mass is 16.2. The molecule has 4 atom stereocenters. The highest BCUT2D eigenvalue weighted by molar-refractivity contribution is 6.06. The van der Waals surface area contributed by atoms with Gasteiger partial charge in [0, 0.05) is 39.3 Å². The summed E-state index contributed by atoms with van der Waals surface area (Å²) in [5.74, 6) is 1.14. The van der Waals surface area contributed by atoms with Crippen LogP contribution >= 0.6 is 0 Å². The van der Waals surface area contributed by atoms with Gasteiger partial charge in [-0.05, 0) is 64.7 Å². The summed E-state index contributed by atoms with van der Waals surface area (Å²) >= 11 is 0. The monoisotopic (exact) mass is 430 g/mol. The van der Waals surface area contributed by atoms with Crippen molar-refractivity contribution in [1.29, 1.82) is 0 Å². The van der Waals surface area contributed by atoms with Gasteiger partial charge in [0.2, 0.25) is 11.8 Å². The van der Waals surface area contributed by atoms with Crippen LogP contribution in [0.15, 0.2) is 17.1 Å². The highest BCUT2D eigenvalue weighted by Gasteiger charge is 2.58. The van der Waals surface area contributed by atoms with Crippen molar-refractivity contribution in [3.05, 3.63) is 12.2 Å². The molecule has 2 N–H and O–H groups in total. The van der Waals surface area contributed by atoms with E-state index in [9.17, 15) is 9.59 Å². The second-order valence-corrected chi connectivity index (χ2v) is 9.37. The molecule has 1 saturated carbocycles. The predicted octanol–water partition coefficient (Wildman–Crippen LogP) is 0.376. The van der Waals surface area contributed by atoms with Gasteiger partial charge in [0.15, 0.2) is 5.96 Å². The first-order chi connectivity index (χ1) is 15.1. The van der Waals surface area contributed by atoms with E-state index < -0.39 is 0 Å². The third kappa shape index (κ3) is 4.95. The molecule has 0 aromatic heterocycles. The molecule has 0 radical (unpaired) electrons. The molecule has 0 aromatic rings. The minimum absolute atomic E-state index is 0.0266. The minimum atomic E-state index is -0.108. The fraction of sp³-hybridized carbons (Fsp3) is 0.783. The van der Waals surface area contributed by atoms with E-state index >= 15 is 0 Å². The first kappa shape index (κ1) is 22.3. The van der Waals surface area contributed by atoms with Crippen LogP contribution in [-0.4, -0.2) is 98.4 Å². The molecule has 0 aromatic carbocycles. The molecule has 2 aliphatic heterocycles. The Hall–Kier alpha value is -1.93. The van der Waals surface area contributed by atoms with Gasteiger partial charge in [-0.25, -0.2) is 0 Å². The molecule has 2 amide bonds. The van der Waals surface area contributed by atoms with Gasteiger partial charge < -0.3 is 20.4 Å². The van der Waals surface area contributed by atoms with E-state index in [1.54, 1.807) is 0 Å². The van der Waals surface area contributed by atoms with Gasteiger partial charge in [0.1, 0.15) is 0 Å². The molecule has 4 aliphatic rings. The van der Waals surface area contributed by atoms with Crippen LogP contribution in [0.3, 0.4) is 0 Å². The van der Waals surface area contributed by atoms with Crippen LogP contribution in [0.1, 0.15) is 26.2 Å². The molecule has 2 heterocycles. The number of guanidine groups is 1. The molecule has 2 aliphatic carbocycles. The van der Waals surface area contributed by atoms with Crippen molar-refractivity contribution in [1.82, 2.24) is 25.3 Å². The van der Waals surface area contributed by atoms with E-state index in [4.69, 9.17) is 0 Å². The molecule has 8 heteroatoms. The Balaban J connectivity index is 1.20. The molecule has 0 spiro atoms. The Morgan fingerprint density at radius 3 is 2.48 bits per heavy atom. The number of fused-ring (bicyclic) bond motifs is 5. The van der Waals surface area contributed by atoms with Crippen molar-refractivity contribution in [3.63, 3.8) is 0 Å². The number of rotatable bonds is 8. The van der Waals surface area contributed by atoms with Crippen LogP contribution in [-0.2, 0) is 9.59 Å². The van der Waals surface area contributed by atoms with Gasteiger partial charge in [0.05, 0.1) is 11.8 Å². The Morgan fingerprint density at radius 2 is 1.77 bits per heavy atom. The SMILES string of the molecule is CCNC(=NCCCN1CCCN(C)CC1)NCCN1C(=O)C2C3C=CC(C3)C2C1=O. The Labute approximate surface area is 186 Å². The maximum Gasteiger partial charge on any atom is 0.233 e. The van der Waals surface area contributed by atoms with Gasteiger partial charge in [-0.2, -0.15) is 0 Å². The van der Waals surface area contributed by atoms with Crippen LogP contribution in [0.4, 0.5) is 0 Å². The number of hydrogen-bond donors (Lipinski definition) is 2. The topological polar surface area (TPSA) is 80.3 Å². The Bertz CT molecular complexity index is 693. The molecule has 2 saturated heterocycles. The van der Waals surface area contributed by atoms with Crippen molar-refractivity contribution >= 4 is 17.8 Å². The first-order valence-corrected chi connectivity index (χ1v) is 12.0. The van der Waals surface area contributed by atoms with Crippen LogP contribution < -0.4 is 10.6 Å². The van der Waals surface area contributed by atoms with Gasteiger partial charge in [-0.15, -0.1) is 0 Å². The molecular formula is C23H38N6O2. The smallest absolute Gasteiger partial charge is 0.233 e. The van der Waals surface area contributed by atoms with Crippen molar-refractivity contribution < 1.29 is 9.59 Å². The lowest BCUT2D eigenvalue weighted by atomic mass is 9.85. The molecule has 31 heavy (non-hydrogen) atoms. The summed E-state index contributed by atoms with van der Waals surface area (Å²) in [5, 5.41) is 6.57. The molecular weight excluding hydrogens is 392 g/mol. The number of aliphatic imine (C=N–C) groups is 1. The van der Waals surface area contributed by atoms with Crippen LogP contribution in [0.5, 0.6) is 0 Å². The summed E-state index contributed by atoms with van der Waals surface area (Å²) in [7, 11) is 2.19. The molecule has 172 valence electrons. The van der Waals surface area contributed by atoms with Gasteiger partial charge in [0.25, 0.3) is 0 Å². The van der Waals surface area contributed by atoms with Crippen LogP contribution in [0.2, 0.25) is 0 Å². The number of likely N-dealkylation sites (N-methyl/N-ethyl adjacent to an activating group) is 1. The van der Waals surface area contributed by atoms with Crippen molar-refractivity contribution in [2.45, 2.75) is 26.2 Å². The first-order valence-electron chi connectivity index (χ1n) is 12.0. The van der Waals surface area contributed by atoms with Crippen LogP contribution in [0.25, 0.3) is 0 Å². The van der Waals surface area contributed by atoms with Crippen molar-refractivity contribution in [3.8, 4) is 0 Å². The summed E-state index contributed by atoms with van der Waals surface area (Å²) in [6.07, 6.45) is 7.52. The normalized spacial score (nSPS) is 31.4. The third-order valence-corrected chi connectivity index (χ3v) is 7.25. The largest absolute Gasteiger partial charge is 0.357 e. The molecule has 4 unspecified atom stereocenters. The summed E-state index contributed by atoms with van der Waals surface area (Å²) in [4.78, 5) is 36.7. The van der Waals surface area contributed by atoms with Crippen LogP contribution in [0, 0.1) is 23.7 Å². The van der Waals surface area contributed by atoms with E-state index in [-0.39, 0.29) is 35.5 Å². The number of likely N-dealkylation sites (tertiary alicyclic amines) is 1. The fourth-order valence-electron chi connectivity index (χ4n) is 5.62. The zero-order valence-corrected chi connectivity index (χ0v) is 19.1. The number of nitrogens with one attached hydrogen (secondary N) is 2. The van der Waals surface area contributed by atoms with E-state index in [1.165, 1.54) is 24.4 Å². The molecule has 2 bridgehead atoms. The van der Waals surface area contributed by atoms with E-state index in [0.717, 1.165) is 51.5 Å². The number of amides is 2. The number of allylic oxidation sites excluding steroid dienone is 2. The summed E-state index contributed by atoms with van der Waals surface area (Å²) in [6.45, 7) is 10.2. The van der Waals surface area contributed by atoms with Gasteiger partial charge >= 0.3 is 0 Å². The summed E-state index contributed by atoms with van der Waals surface area (Å²) in [6, 6.07) is 0. The number of imide groups is 1. The minimum Gasteiger partial charge on any atom is -0.357 e. The lowest BCUT2D eigenvalue weighted by Gasteiger charge is -2.20. The van der Waals surface area contributed by atoms with Gasteiger partial charge in [-0.1, -0.05) is 12.2 Å². The lowest BCUT2D eigenvalue weighted by Crippen LogP contribution is -2.43. The predicted molar refractivity (Wildman–Crippen MR) is 122 cm³/mol. The third-order valence-electron chi connectivity index (χ3n) is 7.25. The van der Waals surface area contributed by atoms with Crippen molar-refractivity contribution in [2.24, 2.45) is 28.7 Å². The quantitative estimate of drug-likeness (QED) is 0.191. The van der Waals surface area contributed by atoms with E-state index in [0.29, 0.717) is 13.1 Å². The zero-order chi connectivity index (χ0) is 21.8. The Morgan fingerprint density at radius 1 is 1.03 bits per heavy atom. The number of nitrogens with zero attached hydrogens (tertiary/aromatic N) is 4. The second-order valence-electron chi connectivity index (χ2n) is 9.37. The van der Waals surface area contributed by atoms with Gasteiger partial charge in [-0.3, -0.25) is 19.5 Å². The number of carbonyl (C=O) groups is 2. The Kier molecular flexibility index (Phi) is 7.27. The second kappa shape index (κ2) is 10.1. The lowest BCUT2D eigenvalue weighted by molar-refractivity contribution is -0.140. The zero-order valence-electron chi connectivity index (χ0n) is 19.1. The maximum atomic E-state index is 12.8. The van der Waals surface area contributed by atoms with E-state index in [1.807, 2.05) is 6.92 Å². The standard InChI is InChI=1S/C23H38N6O2/c1-3-24-23(25-8-4-11-28-12-5-10-27(2)14-15-28)26-9-13-29-21(30)19-17-6-7-18(16-17)20(19)22(29)31/h6-7,17-20H,3-5,8-16H2,1-2H3,(H2,24,25,26). The van der Waals surface area contributed by atoms with E-state index in [2.05, 4.69) is 44.6 Å². The van der Waals surface area contributed by atoms with Crippen molar-refractivity contribution in [2.75, 3.05) is 66.0 Å². The maximum absolute atomic E-state index is 12.8. The number of carbonyl (C=O) groups excluding carboxylic acids is 2. The highest BCUT2D eigenvalue weighted by Crippen LogP contribution is 2.52. The average molecular weight is 431 g/mol. The molecule has 3 fully saturated rings. The summed E-state index contributed by atoms with van der Waals surface area (Å²) in [5.41, 5.74) is 0. The fourth-order valence-corrected chi connectivity index (χ4v) is 5.62. The molecule has 4 rings (SSSR count).